The highest BCUT2D eigenvalue weighted by atomic mass is 19.3. The first kappa shape index (κ1) is 17.3. The molecular weight excluding hydrogens is 320 g/mol. The highest BCUT2D eigenvalue weighted by Gasteiger charge is 2.33. The summed E-state index contributed by atoms with van der Waals surface area (Å²) in [6, 6.07) is 9.71. The third kappa shape index (κ3) is 3.06. The molecule has 0 bridgehead atoms. The van der Waals surface area contributed by atoms with Crippen molar-refractivity contribution in [2.45, 2.75) is 32.9 Å². The molecule has 1 aromatic heterocycles. The number of rotatable bonds is 4. The zero-order valence-electron chi connectivity index (χ0n) is 14.6. The second-order valence-electron chi connectivity index (χ2n) is 6.60. The van der Waals surface area contributed by atoms with Gasteiger partial charge < -0.3 is 4.90 Å². The van der Waals surface area contributed by atoms with Gasteiger partial charge in [0.15, 0.2) is 0 Å². The van der Waals surface area contributed by atoms with Crippen LogP contribution in [0.15, 0.2) is 54.2 Å². The molecule has 3 rings (SSSR count). The number of fused-ring (bicyclic) bond motifs is 1. The number of nitrogens with zero attached hydrogens (tertiary/aromatic N) is 3. The van der Waals surface area contributed by atoms with Gasteiger partial charge in [-0.25, -0.2) is 8.78 Å². The van der Waals surface area contributed by atoms with E-state index >= 15 is 0 Å². The van der Waals surface area contributed by atoms with Gasteiger partial charge in [0, 0.05) is 29.6 Å². The Balaban J connectivity index is 2.16. The van der Waals surface area contributed by atoms with Crippen molar-refractivity contribution in [3.8, 4) is 0 Å². The van der Waals surface area contributed by atoms with E-state index in [1.165, 1.54) is 6.20 Å². The molecule has 0 saturated carbocycles. The van der Waals surface area contributed by atoms with Crippen LogP contribution in [0.25, 0.3) is 0 Å². The number of hydrogen-bond acceptors (Lipinski definition) is 3. The van der Waals surface area contributed by atoms with Gasteiger partial charge in [0.25, 0.3) is 6.43 Å². The quantitative estimate of drug-likeness (QED) is 0.740. The third-order valence-electron chi connectivity index (χ3n) is 4.41. The van der Waals surface area contributed by atoms with Crippen molar-refractivity contribution in [2.75, 3.05) is 11.4 Å². The first-order chi connectivity index (χ1) is 11.8. The number of aryl methyl sites for hydroxylation is 1. The molecule has 0 aliphatic carbocycles. The topological polar surface area (TPSA) is 28.5 Å². The number of alkyl halides is 2. The fraction of sp³-hybridized carbons (Fsp3) is 0.300. The second-order valence-corrected chi connectivity index (χ2v) is 6.60. The summed E-state index contributed by atoms with van der Waals surface area (Å²) in [6.45, 7) is 10.2. The van der Waals surface area contributed by atoms with Crippen molar-refractivity contribution >= 4 is 11.4 Å². The van der Waals surface area contributed by atoms with Gasteiger partial charge in [0.2, 0.25) is 0 Å². The standard InChI is InChI=1S/C20H21F2N3/c1-5-10-25-16-9-7-6-8-15(16)18(24-20(25,3)4)14-11-13(2)17(19(21)22)23-12-14/h5-9,11-12,19H,1,10H2,2-4H3. The summed E-state index contributed by atoms with van der Waals surface area (Å²) < 4.78 is 26.0. The zero-order valence-corrected chi connectivity index (χ0v) is 14.6. The monoisotopic (exact) mass is 341 g/mol. The molecule has 0 atom stereocenters. The van der Waals surface area contributed by atoms with Gasteiger partial charge in [-0.05, 0) is 38.5 Å². The Bertz CT molecular complexity index is 841. The van der Waals surface area contributed by atoms with Gasteiger partial charge >= 0.3 is 0 Å². The molecule has 0 amide bonds. The molecule has 0 fully saturated rings. The average molecular weight is 341 g/mol. The fourth-order valence-corrected chi connectivity index (χ4v) is 3.21. The van der Waals surface area contributed by atoms with Crippen molar-refractivity contribution in [2.24, 2.45) is 4.99 Å². The van der Waals surface area contributed by atoms with Crippen LogP contribution in [0.2, 0.25) is 0 Å². The molecule has 0 unspecified atom stereocenters. The number of hydrogen-bond donors (Lipinski definition) is 0. The van der Waals surface area contributed by atoms with Crippen molar-refractivity contribution in [1.29, 1.82) is 0 Å². The van der Waals surface area contributed by atoms with Gasteiger partial charge in [0.1, 0.15) is 11.4 Å². The molecular formula is C20H21F2N3. The molecule has 0 spiro atoms. The van der Waals surface area contributed by atoms with E-state index in [1.54, 1.807) is 13.0 Å². The van der Waals surface area contributed by atoms with E-state index in [4.69, 9.17) is 4.99 Å². The summed E-state index contributed by atoms with van der Waals surface area (Å²) in [6.07, 6.45) is 0.764. The molecule has 25 heavy (non-hydrogen) atoms. The zero-order chi connectivity index (χ0) is 18.2. The maximum atomic E-state index is 13.0. The predicted octanol–water partition coefficient (Wildman–Crippen LogP) is 4.91. The number of pyridine rings is 1. The molecule has 1 aliphatic heterocycles. The minimum atomic E-state index is -2.57. The van der Waals surface area contributed by atoms with E-state index in [-0.39, 0.29) is 5.69 Å². The maximum Gasteiger partial charge on any atom is 0.280 e. The van der Waals surface area contributed by atoms with Gasteiger partial charge in [0.05, 0.1) is 5.71 Å². The Morgan fingerprint density at radius 2 is 2.00 bits per heavy atom. The third-order valence-corrected chi connectivity index (χ3v) is 4.41. The smallest absolute Gasteiger partial charge is 0.280 e. The summed E-state index contributed by atoms with van der Waals surface area (Å²) >= 11 is 0. The van der Waals surface area contributed by atoms with Gasteiger partial charge in [-0.1, -0.05) is 24.3 Å². The molecule has 5 heteroatoms. The minimum Gasteiger partial charge on any atom is -0.343 e. The van der Waals surface area contributed by atoms with Crippen molar-refractivity contribution in [3.05, 3.63) is 71.6 Å². The van der Waals surface area contributed by atoms with E-state index in [1.807, 2.05) is 44.2 Å². The van der Waals surface area contributed by atoms with Crippen molar-refractivity contribution in [3.63, 3.8) is 0 Å². The summed E-state index contributed by atoms with van der Waals surface area (Å²) in [5.41, 5.74) is 3.35. The Kier molecular flexibility index (Phi) is 4.41. The second kappa shape index (κ2) is 6.39. The normalized spacial score (nSPS) is 15.8. The van der Waals surface area contributed by atoms with Crippen LogP contribution in [-0.2, 0) is 0 Å². The lowest BCUT2D eigenvalue weighted by Crippen LogP contribution is -2.47. The number of para-hydroxylation sites is 1. The highest BCUT2D eigenvalue weighted by molar-refractivity contribution is 6.17. The van der Waals surface area contributed by atoms with E-state index < -0.39 is 12.1 Å². The maximum absolute atomic E-state index is 13.0. The van der Waals surface area contributed by atoms with E-state index in [9.17, 15) is 8.78 Å². The number of benzene rings is 1. The lowest BCUT2D eigenvalue weighted by atomic mass is 9.95. The van der Waals surface area contributed by atoms with Crippen LogP contribution >= 0.6 is 0 Å². The lowest BCUT2D eigenvalue weighted by molar-refractivity contribution is 0.145. The fourth-order valence-electron chi connectivity index (χ4n) is 3.21. The molecule has 130 valence electrons. The van der Waals surface area contributed by atoms with Crippen LogP contribution in [0.4, 0.5) is 14.5 Å². The van der Waals surface area contributed by atoms with E-state index in [2.05, 4.69) is 16.5 Å². The Morgan fingerprint density at radius 3 is 2.64 bits per heavy atom. The average Bonchev–Trinajstić information content (AvgIpc) is 2.56. The van der Waals surface area contributed by atoms with Crippen LogP contribution in [-0.4, -0.2) is 22.9 Å². The number of halogens is 2. The van der Waals surface area contributed by atoms with Gasteiger partial charge in [-0.3, -0.25) is 9.98 Å². The van der Waals surface area contributed by atoms with Crippen LogP contribution in [0, 0.1) is 6.92 Å². The molecule has 0 N–H and O–H groups in total. The Labute approximate surface area is 146 Å². The van der Waals surface area contributed by atoms with Gasteiger partial charge in [-0.15, -0.1) is 6.58 Å². The van der Waals surface area contributed by atoms with E-state index in [0.717, 1.165) is 22.5 Å². The Morgan fingerprint density at radius 1 is 1.28 bits per heavy atom. The lowest BCUT2D eigenvalue weighted by Gasteiger charge is -2.42. The van der Waals surface area contributed by atoms with E-state index in [0.29, 0.717) is 12.1 Å². The van der Waals surface area contributed by atoms with Crippen molar-refractivity contribution in [1.82, 2.24) is 4.98 Å². The molecule has 2 heterocycles. The number of anilines is 1. The number of aliphatic imine (C=N–C) groups is 1. The first-order valence-corrected chi connectivity index (χ1v) is 8.18. The SMILES string of the molecule is C=CCN1c2ccccc2C(c2cnc(C(F)F)c(C)c2)=NC1(C)C. The largest absolute Gasteiger partial charge is 0.343 e. The molecule has 0 saturated heterocycles. The molecule has 0 radical (unpaired) electrons. The molecule has 1 aliphatic rings. The van der Waals surface area contributed by atoms with Gasteiger partial charge in [-0.2, -0.15) is 0 Å². The van der Waals surface area contributed by atoms with Crippen LogP contribution in [0.1, 0.15) is 42.7 Å². The summed E-state index contributed by atoms with van der Waals surface area (Å²) in [5, 5.41) is 0. The summed E-state index contributed by atoms with van der Waals surface area (Å²) in [4.78, 5) is 11.1. The molecule has 1 aromatic carbocycles. The molecule has 3 nitrogen and oxygen atoms in total. The molecule has 2 aromatic rings. The predicted molar refractivity (Wildman–Crippen MR) is 97.6 cm³/mol. The summed E-state index contributed by atoms with van der Waals surface area (Å²) in [7, 11) is 0. The summed E-state index contributed by atoms with van der Waals surface area (Å²) in [5.74, 6) is 0. The van der Waals surface area contributed by atoms with Crippen LogP contribution in [0.3, 0.4) is 0 Å². The first-order valence-electron chi connectivity index (χ1n) is 8.18. The van der Waals surface area contributed by atoms with Crippen LogP contribution in [0.5, 0.6) is 0 Å². The minimum absolute atomic E-state index is 0.180. The van der Waals surface area contributed by atoms with Crippen LogP contribution < -0.4 is 4.90 Å². The van der Waals surface area contributed by atoms with Crippen molar-refractivity contribution < 1.29 is 8.78 Å². The Hall–Kier alpha value is -2.56. The highest BCUT2D eigenvalue weighted by Crippen LogP contribution is 2.36. The number of aromatic nitrogens is 1.